The van der Waals surface area contributed by atoms with Crippen LogP contribution < -0.4 is 5.32 Å². The van der Waals surface area contributed by atoms with Crippen LogP contribution in [-0.4, -0.2) is 39.4 Å². The highest BCUT2D eigenvalue weighted by Gasteiger charge is 2.33. The molecule has 1 aromatic rings. The smallest absolute Gasteiger partial charge is 0.243 e. The van der Waals surface area contributed by atoms with Gasteiger partial charge in [-0.25, -0.2) is 8.42 Å². The molecule has 1 N–H and O–H groups in total. The molecule has 1 aromatic carbocycles. The second-order valence-electron chi connectivity index (χ2n) is 4.94. The summed E-state index contributed by atoms with van der Waals surface area (Å²) in [5.74, 6) is 0.388. The Labute approximate surface area is 119 Å². The van der Waals surface area contributed by atoms with Crippen molar-refractivity contribution in [3.63, 3.8) is 0 Å². The zero-order chi connectivity index (χ0) is 14.0. The summed E-state index contributed by atoms with van der Waals surface area (Å²) in [4.78, 5) is 0.324. The standard InChI is InChI=1S/C13H19ClN2O2S/c1-10-12(14)4-3-5-13(10)19(17,18)16-7-6-11(9-16)8-15-2/h3-5,11,15H,6-9H2,1-2H3/t11-/m1/s1. The summed E-state index contributed by atoms with van der Waals surface area (Å²) in [5.41, 5.74) is 0.626. The van der Waals surface area contributed by atoms with E-state index in [1.54, 1.807) is 29.4 Å². The van der Waals surface area contributed by atoms with E-state index in [1.807, 2.05) is 7.05 Å². The summed E-state index contributed by atoms with van der Waals surface area (Å²) in [5, 5.41) is 3.59. The van der Waals surface area contributed by atoms with Gasteiger partial charge in [-0.1, -0.05) is 17.7 Å². The van der Waals surface area contributed by atoms with Gasteiger partial charge in [0.1, 0.15) is 0 Å². The van der Waals surface area contributed by atoms with E-state index in [2.05, 4.69) is 5.32 Å². The van der Waals surface area contributed by atoms with Crippen LogP contribution in [0.5, 0.6) is 0 Å². The number of hydrogen-bond donors (Lipinski definition) is 1. The third-order valence-corrected chi connectivity index (χ3v) is 6.00. The lowest BCUT2D eigenvalue weighted by Crippen LogP contribution is -2.31. The molecule has 0 saturated carbocycles. The van der Waals surface area contributed by atoms with Gasteiger partial charge in [-0.05, 0) is 50.6 Å². The number of hydrogen-bond acceptors (Lipinski definition) is 3. The average Bonchev–Trinajstić information content (AvgIpc) is 2.82. The zero-order valence-corrected chi connectivity index (χ0v) is 12.8. The topological polar surface area (TPSA) is 49.4 Å². The zero-order valence-electron chi connectivity index (χ0n) is 11.2. The minimum absolute atomic E-state index is 0.324. The molecule has 1 atom stereocenters. The summed E-state index contributed by atoms with van der Waals surface area (Å²) in [6.07, 6.45) is 0.902. The highest BCUT2D eigenvalue weighted by molar-refractivity contribution is 7.89. The van der Waals surface area contributed by atoms with E-state index in [0.717, 1.165) is 13.0 Å². The lowest BCUT2D eigenvalue weighted by atomic mass is 10.1. The fourth-order valence-corrected chi connectivity index (χ4v) is 4.49. The molecule has 0 unspecified atom stereocenters. The second kappa shape index (κ2) is 5.79. The first-order chi connectivity index (χ1) is 8.96. The van der Waals surface area contributed by atoms with Crippen LogP contribution in [0.1, 0.15) is 12.0 Å². The maximum absolute atomic E-state index is 12.6. The predicted molar refractivity (Wildman–Crippen MR) is 77.0 cm³/mol. The van der Waals surface area contributed by atoms with Gasteiger partial charge in [0.05, 0.1) is 4.90 Å². The maximum Gasteiger partial charge on any atom is 0.243 e. The van der Waals surface area contributed by atoms with Crippen molar-refractivity contribution in [1.29, 1.82) is 0 Å². The molecule has 0 aliphatic carbocycles. The molecule has 0 radical (unpaired) electrons. The minimum atomic E-state index is -3.42. The molecular formula is C13H19ClN2O2S. The summed E-state index contributed by atoms with van der Waals surface area (Å²) in [7, 11) is -1.53. The van der Waals surface area contributed by atoms with E-state index < -0.39 is 10.0 Å². The van der Waals surface area contributed by atoms with Crippen molar-refractivity contribution in [3.8, 4) is 0 Å². The molecule has 19 heavy (non-hydrogen) atoms. The Morgan fingerprint density at radius 1 is 1.47 bits per heavy atom. The molecule has 106 valence electrons. The minimum Gasteiger partial charge on any atom is -0.319 e. The van der Waals surface area contributed by atoms with E-state index in [4.69, 9.17) is 11.6 Å². The van der Waals surface area contributed by atoms with Crippen LogP contribution in [0, 0.1) is 12.8 Å². The van der Waals surface area contributed by atoms with Crippen molar-refractivity contribution >= 4 is 21.6 Å². The van der Waals surface area contributed by atoms with Gasteiger partial charge in [-0.3, -0.25) is 0 Å². The van der Waals surface area contributed by atoms with Crippen LogP contribution in [-0.2, 0) is 10.0 Å². The van der Waals surface area contributed by atoms with Gasteiger partial charge in [-0.2, -0.15) is 4.31 Å². The maximum atomic E-state index is 12.6. The third-order valence-electron chi connectivity index (χ3n) is 3.58. The Morgan fingerprint density at radius 2 is 2.21 bits per heavy atom. The fourth-order valence-electron chi connectivity index (χ4n) is 2.48. The molecule has 1 heterocycles. The van der Waals surface area contributed by atoms with Crippen LogP contribution in [0.15, 0.2) is 23.1 Å². The molecule has 1 saturated heterocycles. The SMILES string of the molecule is CNC[C@H]1CCN(S(=O)(=O)c2cccc(Cl)c2C)C1. The summed E-state index contributed by atoms with van der Waals surface area (Å²) in [6, 6.07) is 5.02. The predicted octanol–water partition coefficient (Wildman–Crippen LogP) is 1.88. The van der Waals surface area contributed by atoms with Gasteiger partial charge in [0, 0.05) is 18.1 Å². The summed E-state index contributed by atoms with van der Waals surface area (Å²) in [6.45, 7) is 3.76. The largest absolute Gasteiger partial charge is 0.319 e. The molecule has 2 rings (SSSR count). The Hall–Kier alpha value is -0.620. The molecule has 1 aliphatic rings. The third kappa shape index (κ3) is 2.94. The first-order valence-electron chi connectivity index (χ1n) is 6.36. The number of halogens is 1. The van der Waals surface area contributed by atoms with Crippen molar-refractivity contribution in [1.82, 2.24) is 9.62 Å². The van der Waals surface area contributed by atoms with Crippen molar-refractivity contribution < 1.29 is 8.42 Å². The lowest BCUT2D eigenvalue weighted by Gasteiger charge is -2.18. The first kappa shape index (κ1) is 14.8. The lowest BCUT2D eigenvalue weighted by molar-refractivity contribution is 0.451. The highest BCUT2D eigenvalue weighted by atomic mass is 35.5. The van der Waals surface area contributed by atoms with E-state index in [0.29, 0.717) is 34.5 Å². The average molecular weight is 303 g/mol. The number of sulfonamides is 1. The van der Waals surface area contributed by atoms with Crippen molar-refractivity contribution in [2.75, 3.05) is 26.7 Å². The van der Waals surface area contributed by atoms with E-state index in [9.17, 15) is 8.42 Å². The van der Waals surface area contributed by atoms with Crippen LogP contribution >= 0.6 is 11.6 Å². The molecular weight excluding hydrogens is 284 g/mol. The number of rotatable bonds is 4. The molecule has 1 fully saturated rings. The number of nitrogens with one attached hydrogen (secondary N) is 1. The van der Waals surface area contributed by atoms with Crippen molar-refractivity contribution in [2.45, 2.75) is 18.2 Å². The quantitative estimate of drug-likeness (QED) is 0.924. The molecule has 0 bridgehead atoms. The summed E-state index contributed by atoms with van der Waals surface area (Å²) < 4.78 is 26.8. The number of benzene rings is 1. The number of nitrogens with zero attached hydrogens (tertiary/aromatic N) is 1. The van der Waals surface area contributed by atoms with Gasteiger partial charge in [0.2, 0.25) is 10.0 Å². The first-order valence-corrected chi connectivity index (χ1v) is 8.18. The van der Waals surface area contributed by atoms with Gasteiger partial charge in [-0.15, -0.1) is 0 Å². The van der Waals surface area contributed by atoms with E-state index in [-0.39, 0.29) is 0 Å². The van der Waals surface area contributed by atoms with Gasteiger partial charge < -0.3 is 5.32 Å². The van der Waals surface area contributed by atoms with Crippen LogP contribution in [0.4, 0.5) is 0 Å². The fraction of sp³-hybridized carbons (Fsp3) is 0.538. The van der Waals surface area contributed by atoms with Crippen LogP contribution in [0.3, 0.4) is 0 Å². The van der Waals surface area contributed by atoms with Gasteiger partial charge in [0.15, 0.2) is 0 Å². The molecule has 0 spiro atoms. The normalized spacial score (nSPS) is 20.9. The second-order valence-corrected chi connectivity index (χ2v) is 7.25. The molecule has 1 aliphatic heterocycles. The van der Waals surface area contributed by atoms with Gasteiger partial charge >= 0.3 is 0 Å². The Morgan fingerprint density at radius 3 is 2.89 bits per heavy atom. The Balaban J connectivity index is 2.26. The summed E-state index contributed by atoms with van der Waals surface area (Å²) >= 11 is 6.01. The van der Waals surface area contributed by atoms with Gasteiger partial charge in [0.25, 0.3) is 0 Å². The monoisotopic (exact) mass is 302 g/mol. The van der Waals surface area contributed by atoms with Crippen molar-refractivity contribution in [3.05, 3.63) is 28.8 Å². The van der Waals surface area contributed by atoms with Crippen LogP contribution in [0.25, 0.3) is 0 Å². The van der Waals surface area contributed by atoms with Crippen molar-refractivity contribution in [2.24, 2.45) is 5.92 Å². The molecule has 6 heteroatoms. The van der Waals surface area contributed by atoms with Crippen LogP contribution in [0.2, 0.25) is 5.02 Å². The Bertz CT molecular complexity index is 560. The molecule has 4 nitrogen and oxygen atoms in total. The Kier molecular flexibility index (Phi) is 4.50. The van der Waals surface area contributed by atoms with E-state index >= 15 is 0 Å². The van der Waals surface area contributed by atoms with E-state index in [1.165, 1.54) is 0 Å². The molecule has 0 aromatic heterocycles. The highest BCUT2D eigenvalue weighted by Crippen LogP contribution is 2.28. The molecule has 0 amide bonds.